The number of pyridine rings is 1. The first-order valence-electron chi connectivity index (χ1n) is 11.9. The number of nitrogens with one attached hydrogen (secondary N) is 1. The molecule has 0 amide bonds. The Morgan fingerprint density at radius 1 is 1.09 bits per heavy atom. The van der Waals surface area contributed by atoms with Gasteiger partial charge in [0.15, 0.2) is 5.11 Å². The van der Waals surface area contributed by atoms with Crippen molar-refractivity contribution in [2.24, 2.45) is 0 Å². The van der Waals surface area contributed by atoms with Crippen molar-refractivity contribution < 1.29 is 9.15 Å². The molecule has 0 spiro atoms. The van der Waals surface area contributed by atoms with Crippen molar-refractivity contribution in [1.82, 2.24) is 14.9 Å². The number of nitrogens with zero attached hydrogens (tertiary/aromatic N) is 3. The van der Waals surface area contributed by atoms with E-state index >= 15 is 0 Å². The number of hydrogen-bond donors (Lipinski definition) is 1. The van der Waals surface area contributed by atoms with Gasteiger partial charge in [0.05, 0.1) is 36.7 Å². The first kappa shape index (κ1) is 23.2. The molecule has 6 nitrogen and oxygen atoms in total. The molecule has 2 atom stereocenters. The van der Waals surface area contributed by atoms with E-state index in [-0.39, 0.29) is 18.2 Å². The Kier molecular flexibility index (Phi) is 6.34. The Hall–Kier alpha value is -3.58. The maximum absolute atomic E-state index is 5.89. The van der Waals surface area contributed by atoms with Gasteiger partial charge < -0.3 is 23.9 Å². The predicted molar refractivity (Wildman–Crippen MR) is 142 cm³/mol. The van der Waals surface area contributed by atoms with Crippen molar-refractivity contribution in [1.29, 1.82) is 0 Å². The average Bonchev–Trinajstić information content (AvgIpc) is 3.55. The fourth-order valence-corrected chi connectivity index (χ4v) is 5.18. The lowest BCUT2D eigenvalue weighted by Crippen LogP contribution is -2.29. The molecule has 2 unspecified atom stereocenters. The maximum atomic E-state index is 5.89. The Balaban J connectivity index is 1.58. The summed E-state index contributed by atoms with van der Waals surface area (Å²) in [6.07, 6.45) is 3.67. The van der Waals surface area contributed by atoms with Crippen LogP contribution in [0.3, 0.4) is 0 Å². The largest absolute Gasteiger partial charge is 0.491 e. The molecule has 4 heterocycles. The summed E-state index contributed by atoms with van der Waals surface area (Å²) < 4.78 is 13.8. The zero-order chi connectivity index (χ0) is 24.5. The van der Waals surface area contributed by atoms with Crippen molar-refractivity contribution in [3.63, 3.8) is 0 Å². The van der Waals surface area contributed by atoms with Gasteiger partial charge >= 0.3 is 0 Å². The van der Waals surface area contributed by atoms with Gasteiger partial charge in [-0.15, -0.1) is 0 Å². The van der Waals surface area contributed by atoms with Gasteiger partial charge in [0.1, 0.15) is 11.5 Å². The van der Waals surface area contributed by atoms with E-state index in [1.165, 1.54) is 17.0 Å². The Morgan fingerprint density at radius 2 is 1.89 bits per heavy atom. The number of aryl methyl sites for hydroxylation is 1. The molecule has 0 saturated carbocycles. The minimum atomic E-state index is -0.0900. The molecule has 0 radical (unpaired) electrons. The standard InChI is InChI=1S/C28H30N4O2S/c1-18(2)34-22-12-10-21(11-13-22)32-27(26(30-28(32)35)25-9-5-6-14-29-25)24-16-19(3)31(20(24)4)17-23-8-7-15-33-23/h5-16,18,26-27H,17H2,1-4H3,(H,30,35). The molecule has 1 aliphatic heterocycles. The van der Waals surface area contributed by atoms with Crippen LogP contribution in [0.1, 0.15) is 54.3 Å². The van der Waals surface area contributed by atoms with E-state index in [4.69, 9.17) is 21.4 Å². The average molecular weight is 487 g/mol. The summed E-state index contributed by atoms with van der Waals surface area (Å²) >= 11 is 5.89. The second kappa shape index (κ2) is 9.58. The van der Waals surface area contributed by atoms with Gasteiger partial charge in [-0.05, 0) is 100 Å². The number of rotatable bonds is 7. The van der Waals surface area contributed by atoms with Gasteiger partial charge in [-0.25, -0.2) is 0 Å². The lowest BCUT2D eigenvalue weighted by atomic mass is 9.96. The van der Waals surface area contributed by atoms with Crippen molar-refractivity contribution in [2.45, 2.75) is 52.4 Å². The Labute approximate surface area is 211 Å². The number of hydrogen-bond acceptors (Lipinski definition) is 4. The fraction of sp³-hybridized carbons (Fsp3) is 0.286. The van der Waals surface area contributed by atoms with Gasteiger partial charge in [0, 0.05) is 23.3 Å². The van der Waals surface area contributed by atoms with Gasteiger partial charge in [0.25, 0.3) is 0 Å². The molecule has 1 aliphatic rings. The number of thiocarbonyl (C=S) groups is 1. The normalized spacial score (nSPS) is 17.7. The Bertz CT molecular complexity index is 1300. The third-order valence-corrected chi connectivity index (χ3v) is 6.72. The first-order chi connectivity index (χ1) is 16.9. The van der Waals surface area contributed by atoms with E-state index in [0.717, 1.165) is 22.9 Å². The molecule has 0 bridgehead atoms. The monoisotopic (exact) mass is 486 g/mol. The topological polar surface area (TPSA) is 55.5 Å². The molecule has 180 valence electrons. The molecule has 1 aromatic carbocycles. The number of aromatic nitrogens is 2. The van der Waals surface area contributed by atoms with Crippen LogP contribution in [0.25, 0.3) is 0 Å². The van der Waals surface area contributed by atoms with Crippen molar-refractivity contribution >= 4 is 23.0 Å². The smallest absolute Gasteiger partial charge is 0.174 e. The van der Waals surface area contributed by atoms with Crippen LogP contribution in [-0.4, -0.2) is 20.8 Å². The van der Waals surface area contributed by atoms with Crippen molar-refractivity contribution in [3.05, 3.63) is 102 Å². The number of ether oxygens (including phenoxy) is 1. The van der Waals surface area contributed by atoms with Crippen LogP contribution < -0.4 is 15.0 Å². The molecule has 1 saturated heterocycles. The lowest BCUT2D eigenvalue weighted by Gasteiger charge is -2.28. The van der Waals surface area contributed by atoms with Crippen LogP contribution >= 0.6 is 12.2 Å². The molecule has 1 N–H and O–H groups in total. The summed E-state index contributed by atoms with van der Waals surface area (Å²) in [5.74, 6) is 1.77. The highest BCUT2D eigenvalue weighted by atomic mass is 32.1. The minimum absolute atomic E-state index is 0.0641. The lowest BCUT2D eigenvalue weighted by molar-refractivity contribution is 0.242. The van der Waals surface area contributed by atoms with Crippen LogP contribution in [0, 0.1) is 13.8 Å². The third-order valence-electron chi connectivity index (χ3n) is 6.41. The van der Waals surface area contributed by atoms with E-state index in [0.29, 0.717) is 11.7 Å². The third kappa shape index (κ3) is 4.56. The highest BCUT2D eigenvalue weighted by molar-refractivity contribution is 7.80. The van der Waals surface area contributed by atoms with Crippen LogP contribution in [0.15, 0.2) is 77.5 Å². The zero-order valence-electron chi connectivity index (χ0n) is 20.4. The summed E-state index contributed by atoms with van der Waals surface area (Å²) in [5.41, 5.74) is 5.53. The summed E-state index contributed by atoms with van der Waals surface area (Å²) in [4.78, 5) is 6.88. The summed E-state index contributed by atoms with van der Waals surface area (Å²) in [6.45, 7) is 9.04. The Morgan fingerprint density at radius 3 is 2.54 bits per heavy atom. The first-order valence-corrected chi connectivity index (χ1v) is 12.3. The summed E-state index contributed by atoms with van der Waals surface area (Å²) in [6, 6.07) is 20.2. The molecular weight excluding hydrogens is 456 g/mol. The van der Waals surface area contributed by atoms with Crippen LogP contribution in [0.4, 0.5) is 5.69 Å². The van der Waals surface area contributed by atoms with Gasteiger partial charge in [-0.1, -0.05) is 6.07 Å². The van der Waals surface area contributed by atoms with E-state index in [9.17, 15) is 0 Å². The zero-order valence-corrected chi connectivity index (χ0v) is 21.3. The van der Waals surface area contributed by atoms with E-state index in [1.54, 1.807) is 6.26 Å². The second-order valence-electron chi connectivity index (χ2n) is 9.15. The van der Waals surface area contributed by atoms with Gasteiger partial charge in [-0.2, -0.15) is 0 Å². The molecule has 5 rings (SSSR count). The number of furan rings is 1. The quantitative estimate of drug-likeness (QED) is 0.318. The summed E-state index contributed by atoms with van der Waals surface area (Å²) in [7, 11) is 0. The van der Waals surface area contributed by atoms with Crippen molar-refractivity contribution in [2.75, 3.05) is 4.90 Å². The maximum Gasteiger partial charge on any atom is 0.174 e. The molecular formula is C28H30N4O2S. The molecule has 35 heavy (non-hydrogen) atoms. The highest BCUT2D eigenvalue weighted by Crippen LogP contribution is 2.43. The predicted octanol–water partition coefficient (Wildman–Crippen LogP) is 6.11. The van der Waals surface area contributed by atoms with Crippen LogP contribution in [0.5, 0.6) is 5.75 Å². The van der Waals surface area contributed by atoms with Gasteiger partial charge in [0.2, 0.25) is 0 Å². The summed E-state index contributed by atoms with van der Waals surface area (Å²) in [5, 5.41) is 4.23. The van der Waals surface area contributed by atoms with E-state index in [1.807, 2.05) is 56.4 Å². The molecule has 7 heteroatoms. The number of benzene rings is 1. The number of anilines is 1. The van der Waals surface area contributed by atoms with E-state index in [2.05, 4.69) is 57.9 Å². The van der Waals surface area contributed by atoms with Crippen LogP contribution in [-0.2, 0) is 6.54 Å². The van der Waals surface area contributed by atoms with Gasteiger partial charge in [-0.3, -0.25) is 4.98 Å². The van der Waals surface area contributed by atoms with Crippen molar-refractivity contribution in [3.8, 4) is 5.75 Å². The molecule has 0 aliphatic carbocycles. The van der Waals surface area contributed by atoms with E-state index < -0.39 is 0 Å². The highest BCUT2D eigenvalue weighted by Gasteiger charge is 2.42. The molecule has 4 aromatic rings. The fourth-order valence-electron chi connectivity index (χ4n) is 4.84. The molecule has 3 aromatic heterocycles. The minimum Gasteiger partial charge on any atom is -0.491 e. The molecule has 1 fully saturated rings. The van der Waals surface area contributed by atoms with Crippen LogP contribution in [0.2, 0.25) is 0 Å². The SMILES string of the molecule is Cc1cc(C2C(c3ccccn3)NC(=S)N2c2ccc(OC(C)C)cc2)c(C)n1Cc1ccco1. The second-order valence-corrected chi connectivity index (χ2v) is 9.54.